The number of hydrogen-bond acceptors (Lipinski definition) is 1. The normalized spacial score (nSPS) is 11.4. The van der Waals surface area contributed by atoms with E-state index in [1.54, 1.807) is 6.07 Å². The maximum Gasteiger partial charge on any atom is 0.152 e. The van der Waals surface area contributed by atoms with Crippen molar-refractivity contribution in [1.82, 2.24) is 0 Å². The van der Waals surface area contributed by atoms with Gasteiger partial charge in [0.1, 0.15) is 29.0 Å². The van der Waals surface area contributed by atoms with Crippen molar-refractivity contribution in [2.75, 3.05) is 0 Å². The van der Waals surface area contributed by atoms with Crippen molar-refractivity contribution < 1.29 is 9.18 Å². The van der Waals surface area contributed by atoms with E-state index in [9.17, 15) is 9.18 Å². The second-order valence-electron chi connectivity index (χ2n) is 8.45. The molecule has 4 rings (SSSR count). The molecule has 1 nitrogen and oxygen atoms in total. The van der Waals surface area contributed by atoms with Crippen molar-refractivity contribution in [2.45, 2.75) is 26.9 Å². The zero-order valence-corrected chi connectivity index (χ0v) is 19.6. The summed E-state index contributed by atoms with van der Waals surface area (Å²) >= 11 is 0. The third kappa shape index (κ3) is 4.29. The molecule has 0 aliphatic carbocycles. The molecule has 0 fully saturated rings. The highest BCUT2D eigenvalue weighted by Gasteiger charge is 2.45. The molecule has 0 bridgehead atoms. The Hall–Kier alpha value is -3.09. The van der Waals surface area contributed by atoms with Crippen LogP contribution < -0.4 is 15.9 Å². The average molecular weight is 441 g/mol. The molecule has 0 spiro atoms. The molecular formula is C29H27FOP+. The number of rotatable bonds is 6. The fourth-order valence-corrected chi connectivity index (χ4v) is 8.32. The first-order valence-electron chi connectivity index (χ1n) is 10.8. The number of benzene rings is 4. The van der Waals surface area contributed by atoms with Crippen LogP contribution in [0.1, 0.15) is 32.6 Å². The van der Waals surface area contributed by atoms with Crippen LogP contribution in [0.2, 0.25) is 0 Å². The van der Waals surface area contributed by atoms with Gasteiger partial charge in [-0.25, -0.2) is 4.39 Å². The summed E-state index contributed by atoms with van der Waals surface area (Å²) in [6.07, 6.45) is 1.25. The van der Waals surface area contributed by atoms with Gasteiger partial charge >= 0.3 is 0 Å². The first-order valence-corrected chi connectivity index (χ1v) is 12.7. The quantitative estimate of drug-likeness (QED) is 0.263. The van der Waals surface area contributed by atoms with E-state index >= 15 is 0 Å². The fraction of sp³-hybridized carbons (Fsp3) is 0.138. The van der Waals surface area contributed by atoms with Crippen LogP contribution in [0.4, 0.5) is 4.39 Å². The van der Waals surface area contributed by atoms with Crippen LogP contribution in [-0.4, -0.2) is 6.29 Å². The molecule has 0 saturated heterocycles. The predicted octanol–water partition coefficient (Wildman–Crippen LogP) is 6.06. The SMILES string of the molecule is Cc1ccc([P+](Cc2ccc(C=O)c([18F])c2)(c2ccc(C)cc2)c2ccc(C)cc2)cc1. The molecule has 0 aliphatic heterocycles. The molecule has 0 aromatic heterocycles. The molecule has 0 unspecified atom stereocenters. The van der Waals surface area contributed by atoms with E-state index in [1.165, 1.54) is 38.7 Å². The summed E-state index contributed by atoms with van der Waals surface area (Å²) in [7, 11) is -2.13. The Morgan fingerprint density at radius 3 is 1.41 bits per heavy atom. The second kappa shape index (κ2) is 9.18. The summed E-state index contributed by atoms with van der Waals surface area (Å²) < 4.78 is 14.6. The van der Waals surface area contributed by atoms with E-state index < -0.39 is 13.1 Å². The van der Waals surface area contributed by atoms with Crippen LogP contribution in [0.15, 0.2) is 91.0 Å². The van der Waals surface area contributed by atoms with Gasteiger partial charge in [-0.05, 0) is 74.9 Å². The Labute approximate surface area is 190 Å². The molecule has 0 N–H and O–H groups in total. The first-order chi connectivity index (χ1) is 15.4. The summed E-state index contributed by atoms with van der Waals surface area (Å²) in [6.45, 7) is 6.28. The third-order valence-corrected chi connectivity index (χ3v) is 10.4. The molecule has 0 radical (unpaired) electrons. The van der Waals surface area contributed by atoms with Crippen molar-refractivity contribution in [2.24, 2.45) is 0 Å². The molecule has 32 heavy (non-hydrogen) atoms. The number of aldehydes is 1. The van der Waals surface area contributed by atoms with E-state index in [4.69, 9.17) is 0 Å². The standard InChI is InChI=1S/C29H27FOP/c1-21-4-12-26(13-5-21)32(27-14-6-22(2)7-15-27,28-16-8-23(3)9-17-28)20-24-10-11-25(19-31)29(30)18-24/h4-19H,20H2,1-3H3/q+1/i30-1. The van der Waals surface area contributed by atoms with Gasteiger partial charge in [0.05, 0.1) is 11.7 Å². The molecule has 0 saturated carbocycles. The van der Waals surface area contributed by atoms with E-state index in [2.05, 4.69) is 93.6 Å². The Kier molecular flexibility index (Phi) is 6.35. The minimum Gasteiger partial charge on any atom is -0.298 e. The summed E-state index contributed by atoms with van der Waals surface area (Å²) in [6, 6.07) is 31.3. The molecule has 3 heteroatoms. The first kappa shape index (κ1) is 22.1. The van der Waals surface area contributed by atoms with Gasteiger partial charge < -0.3 is 0 Å². The summed E-state index contributed by atoms with van der Waals surface area (Å²) in [5.41, 5.74) is 4.62. The van der Waals surface area contributed by atoms with E-state index in [0.717, 1.165) is 5.56 Å². The van der Waals surface area contributed by atoms with Gasteiger partial charge in [-0.1, -0.05) is 59.2 Å². The Morgan fingerprint density at radius 1 is 0.656 bits per heavy atom. The fourth-order valence-electron chi connectivity index (χ4n) is 4.16. The summed E-state index contributed by atoms with van der Waals surface area (Å²) in [5.74, 6) is -0.465. The van der Waals surface area contributed by atoms with Crippen molar-refractivity contribution >= 4 is 29.5 Å². The van der Waals surface area contributed by atoms with E-state index in [1.807, 2.05) is 6.07 Å². The summed E-state index contributed by atoms with van der Waals surface area (Å²) in [4.78, 5) is 11.2. The van der Waals surface area contributed by atoms with Crippen LogP contribution in [0.3, 0.4) is 0 Å². The van der Waals surface area contributed by atoms with Crippen LogP contribution in [-0.2, 0) is 6.16 Å². The smallest absolute Gasteiger partial charge is 0.152 e. The molecule has 0 amide bonds. The van der Waals surface area contributed by atoms with Gasteiger partial charge in [-0.2, -0.15) is 0 Å². The van der Waals surface area contributed by atoms with Gasteiger partial charge in [0.25, 0.3) is 0 Å². The van der Waals surface area contributed by atoms with Crippen LogP contribution in [0, 0.1) is 26.6 Å². The molecule has 0 heterocycles. The van der Waals surface area contributed by atoms with Gasteiger partial charge in [-0.15, -0.1) is 0 Å². The number of halogens is 1. The van der Waals surface area contributed by atoms with E-state index in [-0.39, 0.29) is 5.56 Å². The highest BCUT2D eigenvalue weighted by Crippen LogP contribution is 2.58. The van der Waals surface area contributed by atoms with Crippen LogP contribution >= 0.6 is 7.26 Å². The van der Waals surface area contributed by atoms with Crippen molar-refractivity contribution in [1.29, 1.82) is 0 Å². The molecular weight excluding hydrogens is 413 g/mol. The predicted molar refractivity (Wildman–Crippen MR) is 135 cm³/mol. The minimum absolute atomic E-state index is 0.0960. The maximum atomic E-state index is 14.6. The molecule has 160 valence electrons. The number of hydrogen-bond donors (Lipinski definition) is 0. The number of carbonyl (C=O) groups is 1. The largest absolute Gasteiger partial charge is 0.298 e. The van der Waals surface area contributed by atoms with Gasteiger partial charge in [0.15, 0.2) is 6.29 Å². The van der Waals surface area contributed by atoms with Gasteiger partial charge in [-0.3, -0.25) is 4.79 Å². The van der Waals surface area contributed by atoms with Gasteiger partial charge in [0, 0.05) is 0 Å². The monoisotopic (exact) mass is 440 g/mol. The second-order valence-corrected chi connectivity index (χ2v) is 11.9. The Balaban J connectivity index is 2.00. The zero-order valence-electron chi connectivity index (χ0n) is 18.7. The zero-order chi connectivity index (χ0) is 22.7. The minimum atomic E-state index is -2.13. The Bertz CT molecular complexity index is 1110. The lowest BCUT2D eigenvalue weighted by atomic mass is 10.1. The lowest BCUT2D eigenvalue weighted by molar-refractivity contribution is 0.112. The number of carbonyl (C=O) groups excluding carboxylic acids is 1. The lowest BCUT2D eigenvalue weighted by Gasteiger charge is -2.28. The molecule has 4 aromatic rings. The van der Waals surface area contributed by atoms with Crippen molar-refractivity contribution in [3.05, 3.63) is 125 Å². The highest BCUT2D eigenvalue weighted by molar-refractivity contribution is 7.95. The van der Waals surface area contributed by atoms with Gasteiger partial charge in [0.2, 0.25) is 0 Å². The highest BCUT2D eigenvalue weighted by atomic mass is 31.2. The lowest BCUT2D eigenvalue weighted by Crippen LogP contribution is -2.32. The topological polar surface area (TPSA) is 17.1 Å². The molecule has 0 aliphatic rings. The average Bonchev–Trinajstić information content (AvgIpc) is 2.79. The van der Waals surface area contributed by atoms with Crippen molar-refractivity contribution in [3.63, 3.8) is 0 Å². The number of aryl methyl sites for hydroxylation is 3. The maximum absolute atomic E-state index is 14.6. The molecule has 4 aromatic carbocycles. The summed E-state index contributed by atoms with van der Waals surface area (Å²) in [5, 5.41) is 3.78. The van der Waals surface area contributed by atoms with Crippen LogP contribution in [0.5, 0.6) is 0 Å². The van der Waals surface area contributed by atoms with E-state index in [0.29, 0.717) is 12.4 Å². The third-order valence-electron chi connectivity index (χ3n) is 6.04. The Morgan fingerprint density at radius 2 is 1.06 bits per heavy atom. The molecule has 0 atom stereocenters. The van der Waals surface area contributed by atoms with Crippen molar-refractivity contribution in [3.8, 4) is 0 Å². The van der Waals surface area contributed by atoms with Crippen LogP contribution in [0.25, 0.3) is 0 Å².